The van der Waals surface area contributed by atoms with Gasteiger partial charge < -0.3 is 0 Å². The number of halogens is 3. The number of nitrogens with zero attached hydrogens (tertiary/aromatic N) is 3. The molecular weight excluding hydrogens is 287 g/mol. The highest BCUT2D eigenvalue weighted by molar-refractivity contribution is 6.52. The fourth-order valence-electron chi connectivity index (χ4n) is 2.22. The lowest BCUT2D eigenvalue weighted by Crippen LogP contribution is -2.30. The van der Waals surface area contributed by atoms with E-state index in [0.29, 0.717) is 4.57 Å². The van der Waals surface area contributed by atoms with Crippen molar-refractivity contribution >= 4 is 17.4 Å². The lowest BCUT2D eigenvalue weighted by Gasteiger charge is -2.16. The van der Waals surface area contributed by atoms with Gasteiger partial charge in [0.15, 0.2) is 0 Å². The molecule has 1 aromatic carbocycles. The van der Waals surface area contributed by atoms with Crippen molar-refractivity contribution in [2.45, 2.75) is 13.1 Å². The molecule has 0 radical (unpaired) electrons. The number of rotatable bonds is 3. The minimum Gasteiger partial charge on any atom is -0.297 e. The molecule has 0 saturated carbocycles. The molecule has 108 valence electrons. The van der Waals surface area contributed by atoms with Gasteiger partial charge in [-0.05, 0) is 18.2 Å². The maximum atomic E-state index is 13.1. The molecule has 0 N–H and O–H groups in total. The van der Waals surface area contributed by atoms with Gasteiger partial charge in [0.2, 0.25) is 0 Å². The number of aromatic nitrogens is 2. The molecule has 0 fully saturated rings. The van der Waals surface area contributed by atoms with Gasteiger partial charge in [0.05, 0.1) is 17.8 Å². The number of benzene rings is 1. The third-order valence-corrected chi connectivity index (χ3v) is 3.19. The fraction of sp³-hybridized carbons (Fsp3) is 0.154. The molecule has 21 heavy (non-hydrogen) atoms. The van der Waals surface area contributed by atoms with Crippen molar-refractivity contribution in [3.63, 3.8) is 0 Å². The van der Waals surface area contributed by atoms with E-state index in [1.807, 2.05) is 0 Å². The molecule has 5 nitrogen and oxygen atoms in total. The van der Waals surface area contributed by atoms with Gasteiger partial charge in [-0.25, -0.2) is 9.37 Å². The van der Waals surface area contributed by atoms with E-state index in [1.54, 1.807) is 0 Å². The van der Waals surface area contributed by atoms with Crippen molar-refractivity contribution in [2.24, 2.45) is 0 Å². The normalized spacial score (nSPS) is 14.2. The molecule has 0 atom stereocenters. The monoisotopic (exact) mass is 295 g/mol. The minimum atomic E-state index is -2.80. The molecule has 1 aliphatic heterocycles. The van der Waals surface area contributed by atoms with E-state index < -0.39 is 24.1 Å². The van der Waals surface area contributed by atoms with Gasteiger partial charge in [-0.3, -0.25) is 19.1 Å². The number of hydrogen-bond acceptors (Lipinski definition) is 3. The van der Waals surface area contributed by atoms with Gasteiger partial charge in [-0.15, -0.1) is 0 Å². The lowest BCUT2D eigenvalue weighted by atomic mass is 10.1. The van der Waals surface area contributed by atoms with Crippen molar-refractivity contribution < 1.29 is 22.8 Å². The molecular formula is C13H8F3N3O2. The Morgan fingerprint density at radius 2 is 2.00 bits per heavy atom. The summed E-state index contributed by atoms with van der Waals surface area (Å²) >= 11 is 0. The first kappa shape index (κ1) is 13.3. The number of fused-ring (bicyclic) bond motifs is 1. The standard InChI is InChI=1S/C13H8F3N3O2/c14-7-1-2-9-8(5-7)11(20)12(21)19(9)6-10-17-3-4-18(10)13(15)16/h1-5,13H,6H2. The summed E-state index contributed by atoms with van der Waals surface area (Å²) < 4.78 is 39.3. The van der Waals surface area contributed by atoms with Crippen LogP contribution in [0.3, 0.4) is 0 Å². The van der Waals surface area contributed by atoms with E-state index in [4.69, 9.17) is 0 Å². The number of ketones is 1. The molecule has 0 saturated heterocycles. The highest BCUT2D eigenvalue weighted by atomic mass is 19.3. The van der Waals surface area contributed by atoms with E-state index in [9.17, 15) is 22.8 Å². The minimum absolute atomic E-state index is 0.0664. The average Bonchev–Trinajstić information content (AvgIpc) is 2.99. The lowest BCUT2D eigenvalue weighted by molar-refractivity contribution is -0.114. The van der Waals surface area contributed by atoms with Crippen LogP contribution in [0.1, 0.15) is 22.7 Å². The zero-order valence-electron chi connectivity index (χ0n) is 10.5. The second kappa shape index (κ2) is 4.72. The molecule has 1 amide bonds. The van der Waals surface area contributed by atoms with Crippen LogP contribution in [0.15, 0.2) is 30.6 Å². The molecule has 1 aromatic heterocycles. The molecule has 2 aromatic rings. The largest absolute Gasteiger partial charge is 0.319 e. The van der Waals surface area contributed by atoms with Gasteiger partial charge in [-0.1, -0.05) is 0 Å². The van der Waals surface area contributed by atoms with Gasteiger partial charge in [0.25, 0.3) is 11.7 Å². The van der Waals surface area contributed by atoms with Crippen molar-refractivity contribution in [3.8, 4) is 0 Å². The smallest absolute Gasteiger partial charge is 0.297 e. The van der Waals surface area contributed by atoms with Crippen LogP contribution in [0.2, 0.25) is 0 Å². The molecule has 8 heteroatoms. The quantitative estimate of drug-likeness (QED) is 0.815. The van der Waals surface area contributed by atoms with Crippen molar-refractivity contribution in [1.82, 2.24) is 9.55 Å². The highest BCUT2D eigenvalue weighted by Crippen LogP contribution is 2.31. The number of carbonyl (C=O) groups is 2. The van der Waals surface area contributed by atoms with Crippen LogP contribution >= 0.6 is 0 Å². The van der Waals surface area contributed by atoms with Gasteiger partial charge in [0, 0.05) is 12.4 Å². The Balaban J connectivity index is 1.99. The Morgan fingerprint density at radius 1 is 1.24 bits per heavy atom. The van der Waals surface area contributed by atoms with E-state index in [2.05, 4.69) is 4.98 Å². The van der Waals surface area contributed by atoms with Crippen molar-refractivity contribution in [1.29, 1.82) is 0 Å². The van der Waals surface area contributed by atoms with Crippen LogP contribution < -0.4 is 4.90 Å². The third kappa shape index (κ3) is 2.08. The Kier molecular flexibility index (Phi) is 3.00. The Bertz CT molecular complexity index is 742. The topological polar surface area (TPSA) is 55.2 Å². The van der Waals surface area contributed by atoms with Crippen molar-refractivity contribution in [2.75, 3.05) is 4.90 Å². The Hall–Kier alpha value is -2.64. The number of anilines is 1. The van der Waals surface area contributed by atoms with Gasteiger partial charge in [0.1, 0.15) is 11.6 Å². The highest BCUT2D eigenvalue weighted by Gasteiger charge is 2.36. The molecule has 0 spiro atoms. The van der Waals surface area contributed by atoms with Crippen LogP contribution in [0.5, 0.6) is 0 Å². The predicted molar refractivity (Wildman–Crippen MR) is 65.4 cm³/mol. The predicted octanol–water partition coefficient (Wildman–Crippen LogP) is 2.15. The first-order chi connectivity index (χ1) is 9.99. The molecule has 0 unspecified atom stereocenters. The molecule has 0 aliphatic carbocycles. The first-order valence-electron chi connectivity index (χ1n) is 5.94. The number of hydrogen-bond donors (Lipinski definition) is 0. The fourth-order valence-corrected chi connectivity index (χ4v) is 2.22. The molecule has 1 aliphatic rings. The zero-order chi connectivity index (χ0) is 15.1. The molecule has 2 heterocycles. The maximum absolute atomic E-state index is 13.1. The Labute approximate surface area is 116 Å². The van der Waals surface area contributed by atoms with Crippen molar-refractivity contribution in [3.05, 3.63) is 47.8 Å². The number of Topliss-reactive ketones (excluding diaryl/α,β-unsaturated/α-hetero) is 1. The average molecular weight is 295 g/mol. The summed E-state index contributed by atoms with van der Waals surface area (Å²) in [5.74, 6) is -2.46. The summed E-state index contributed by atoms with van der Waals surface area (Å²) in [6, 6.07) is 3.32. The number of amides is 1. The number of carbonyl (C=O) groups excluding carboxylic acids is 2. The van der Waals surface area contributed by atoms with E-state index >= 15 is 0 Å². The second-order valence-electron chi connectivity index (χ2n) is 4.41. The molecule has 3 rings (SSSR count). The van der Waals surface area contributed by atoms with Gasteiger partial charge in [-0.2, -0.15) is 8.78 Å². The summed E-state index contributed by atoms with van der Waals surface area (Å²) in [7, 11) is 0. The number of imidazole rings is 1. The number of alkyl halides is 2. The van der Waals surface area contributed by atoms with Crippen LogP contribution in [-0.2, 0) is 11.3 Å². The van der Waals surface area contributed by atoms with E-state index in [-0.39, 0.29) is 23.6 Å². The first-order valence-corrected chi connectivity index (χ1v) is 5.94. The van der Waals surface area contributed by atoms with Crippen LogP contribution in [0.4, 0.5) is 18.9 Å². The van der Waals surface area contributed by atoms with Gasteiger partial charge >= 0.3 is 6.55 Å². The van der Waals surface area contributed by atoms with E-state index in [1.165, 1.54) is 12.3 Å². The molecule has 0 bridgehead atoms. The SMILES string of the molecule is O=C1C(=O)N(Cc2nccn2C(F)F)c2ccc(F)cc21. The van der Waals surface area contributed by atoms with Crippen LogP contribution in [0.25, 0.3) is 0 Å². The summed E-state index contributed by atoms with van der Waals surface area (Å²) in [4.78, 5) is 28.5. The van der Waals surface area contributed by atoms with E-state index in [0.717, 1.165) is 23.2 Å². The van der Waals surface area contributed by atoms with Crippen LogP contribution in [0, 0.1) is 5.82 Å². The third-order valence-electron chi connectivity index (χ3n) is 3.19. The maximum Gasteiger partial charge on any atom is 0.319 e. The summed E-state index contributed by atoms with van der Waals surface area (Å²) in [6.07, 6.45) is 2.25. The zero-order valence-corrected chi connectivity index (χ0v) is 10.5. The van der Waals surface area contributed by atoms with Crippen LogP contribution in [-0.4, -0.2) is 21.2 Å². The summed E-state index contributed by atoms with van der Waals surface area (Å²) in [5, 5.41) is 0. The summed E-state index contributed by atoms with van der Waals surface area (Å²) in [6.45, 7) is -3.09. The summed E-state index contributed by atoms with van der Waals surface area (Å²) in [5.41, 5.74) is 0.116. The second-order valence-corrected chi connectivity index (χ2v) is 4.41. The Morgan fingerprint density at radius 3 is 2.71 bits per heavy atom.